The number of likely N-dealkylation sites (tertiary alicyclic amines) is 1. The van der Waals surface area contributed by atoms with Gasteiger partial charge in [-0.1, -0.05) is 0 Å². The van der Waals surface area contributed by atoms with Gasteiger partial charge in [0.15, 0.2) is 0 Å². The number of hydrogen-bond acceptors (Lipinski definition) is 7. The van der Waals surface area contributed by atoms with E-state index in [0.29, 0.717) is 24.2 Å². The summed E-state index contributed by atoms with van der Waals surface area (Å²) >= 11 is 0. The van der Waals surface area contributed by atoms with E-state index < -0.39 is 11.9 Å². The van der Waals surface area contributed by atoms with Crippen LogP contribution in [0.25, 0.3) is 10.9 Å². The zero-order valence-corrected chi connectivity index (χ0v) is 15.6. The molecular weight excluding hydrogens is 380 g/mol. The van der Waals surface area contributed by atoms with Crippen LogP contribution >= 0.6 is 0 Å². The maximum Gasteiger partial charge on any atom is 0.328 e. The van der Waals surface area contributed by atoms with E-state index in [4.69, 9.17) is 10.2 Å². The Morgan fingerprint density at radius 2 is 1.83 bits per heavy atom. The number of non-ortho nitro benzene ring substituents is 1. The summed E-state index contributed by atoms with van der Waals surface area (Å²) in [5.74, 6) is -1.53. The van der Waals surface area contributed by atoms with Crippen LogP contribution in [-0.4, -0.2) is 69.2 Å². The lowest BCUT2D eigenvalue weighted by Crippen LogP contribution is -2.44. The molecule has 2 fully saturated rings. The number of anilines is 1. The molecule has 2 aliphatic rings. The van der Waals surface area contributed by atoms with Gasteiger partial charge in [-0.2, -0.15) is 0 Å². The largest absolute Gasteiger partial charge is 0.478 e. The third-order valence-corrected chi connectivity index (χ3v) is 5.05. The van der Waals surface area contributed by atoms with Gasteiger partial charge in [-0.25, -0.2) is 14.6 Å². The SMILES string of the molecule is CN1C[C@@H]2C[C@H]1CN2c1ccc2cc([N+](=O)[O-])ccc2n1.O=C(O)/C=C/C(=O)O. The molecule has 0 spiro atoms. The molecule has 2 aromatic rings. The minimum Gasteiger partial charge on any atom is -0.478 e. The molecule has 29 heavy (non-hydrogen) atoms. The smallest absolute Gasteiger partial charge is 0.328 e. The second kappa shape index (κ2) is 8.23. The number of hydrogen-bond donors (Lipinski definition) is 2. The highest BCUT2D eigenvalue weighted by atomic mass is 16.6. The van der Waals surface area contributed by atoms with Gasteiger partial charge in [-0.15, -0.1) is 0 Å². The third-order valence-electron chi connectivity index (χ3n) is 5.05. The summed E-state index contributed by atoms with van der Waals surface area (Å²) in [4.78, 5) is 39.0. The zero-order valence-electron chi connectivity index (χ0n) is 15.6. The van der Waals surface area contributed by atoms with Gasteiger partial charge in [0, 0.05) is 54.8 Å². The normalized spacial score (nSPS) is 20.7. The van der Waals surface area contributed by atoms with E-state index in [2.05, 4.69) is 21.8 Å². The Kier molecular flexibility index (Phi) is 5.74. The standard InChI is InChI=1S/C15H16N4O2.C4H4O4/c1-17-8-13-7-12(17)9-18(13)15-5-2-10-6-11(19(20)21)3-4-14(10)16-15;5-3(6)1-2-4(7)8/h2-6,12-13H,7-9H2,1H3;1-2H,(H,5,6)(H,7,8)/b;2-1+/t12-,13-;/m0./s1. The summed E-state index contributed by atoms with van der Waals surface area (Å²) in [6, 6.07) is 9.91. The van der Waals surface area contributed by atoms with Gasteiger partial charge < -0.3 is 15.1 Å². The van der Waals surface area contributed by atoms with E-state index in [-0.39, 0.29) is 10.6 Å². The van der Waals surface area contributed by atoms with Crippen LogP contribution < -0.4 is 4.90 Å². The van der Waals surface area contributed by atoms with Crippen LogP contribution in [0.5, 0.6) is 0 Å². The quantitative estimate of drug-likeness (QED) is 0.446. The molecule has 2 aliphatic heterocycles. The molecule has 0 saturated carbocycles. The molecule has 0 unspecified atom stereocenters. The topological polar surface area (TPSA) is 137 Å². The molecule has 2 saturated heterocycles. The first kappa shape index (κ1) is 20.2. The number of nitrogens with zero attached hydrogens (tertiary/aromatic N) is 4. The van der Waals surface area contributed by atoms with Crippen molar-refractivity contribution in [2.24, 2.45) is 0 Å². The molecular formula is C19H20N4O6. The molecule has 10 heteroatoms. The number of nitro benzene ring substituents is 1. The second-order valence-electron chi connectivity index (χ2n) is 6.95. The fourth-order valence-electron chi connectivity index (χ4n) is 3.66. The van der Waals surface area contributed by atoms with Crippen molar-refractivity contribution in [2.75, 3.05) is 25.0 Å². The zero-order chi connectivity index (χ0) is 21.1. The molecule has 2 atom stereocenters. The van der Waals surface area contributed by atoms with Crippen LogP contribution in [0.2, 0.25) is 0 Å². The Morgan fingerprint density at radius 1 is 1.14 bits per heavy atom. The van der Waals surface area contributed by atoms with E-state index in [0.717, 1.165) is 29.8 Å². The fraction of sp³-hybridized carbons (Fsp3) is 0.316. The summed E-state index contributed by atoms with van der Waals surface area (Å²) in [5.41, 5.74) is 0.924. The Labute approximate surface area is 165 Å². The molecule has 0 aliphatic carbocycles. The van der Waals surface area contributed by atoms with Crippen LogP contribution in [0.15, 0.2) is 42.5 Å². The monoisotopic (exact) mass is 400 g/mol. The van der Waals surface area contributed by atoms with E-state index in [9.17, 15) is 19.7 Å². The lowest BCUT2D eigenvalue weighted by atomic mass is 10.2. The predicted molar refractivity (Wildman–Crippen MR) is 105 cm³/mol. The first-order valence-electron chi connectivity index (χ1n) is 8.90. The fourth-order valence-corrected chi connectivity index (χ4v) is 3.66. The number of fused-ring (bicyclic) bond motifs is 3. The number of pyridine rings is 1. The summed E-state index contributed by atoms with van der Waals surface area (Å²) < 4.78 is 0. The van der Waals surface area contributed by atoms with Crippen LogP contribution in [0.1, 0.15) is 6.42 Å². The number of carboxylic acid groups (broad SMARTS) is 2. The van der Waals surface area contributed by atoms with E-state index in [1.165, 1.54) is 12.5 Å². The number of carbonyl (C=O) groups is 2. The third kappa shape index (κ3) is 4.66. The van der Waals surface area contributed by atoms with E-state index >= 15 is 0 Å². The lowest BCUT2D eigenvalue weighted by Gasteiger charge is -2.32. The number of piperazine rings is 1. The Balaban J connectivity index is 0.000000258. The van der Waals surface area contributed by atoms with E-state index in [1.54, 1.807) is 12.1 Å². The van der Waals surface area contributed by atoms with Gasteiger partial charge >= 0.3 is 11.9 Å². The molecule has 152 valence electrons. The number of benzene rings is 1. The van der Waals surface area contributed by atoms with Crippen molar-refractivity contribution in [3.8, 4) is 0 Å². The van der Waals surface area contributed by atoms with Crippen LogP contribution in [0.3, 0.4) is 0 Å². The highest BCUT2D eigenvalue weighted by molar-refractivity contribution is 5.89. The molecule has 10 nitrogen and oxygen atoms in total. The van der Waals surface area contributed by atoms with Gasteiger partial charge in [0.2, 0.25) is 0 Å². The van der Waals surface area contributed by atoms with Crippen LogP contribution in [0.4, 0.5) is 11.5 Å². The number of rotatable bonds is 4. The van der Waals surface area contributed by atoms with Crippen molar-refractivity contribution < 1.29 is 24.7 Å². The minimum absolute atomic E-state index is 0.110. The average molecular weight is 400 g/mol. The summed E-state index contributed by atoms with van der Waals surface area (Å²) in [6.07, 6.45) is 2.32. The summed E-state index contributed by atoms with van der Waals surface area (Å²) in [7, 11) is 2.18. The highest BCUT2D eigenvalue weighted by Gasteiger charge is 2.41. The molecule has 0 amide bonds. The minimum atomic E-state index is -1.26. The van der Waals surface area contributed by atoms with Crippen LogP contribution in [0, 0.1) is 10.1 Å². The molecule has 2 N–H and O–H groups in total. The summed E-state index contributed by atoms with van der Waals surface area (Å²) in [6.45, 7) is 2.11. The molecule has 2 bridgehead atoms. The van der Waals surface area contributed by atoms with Gasteiger partial charge in [0.1, 0.15) is 5.82 Å². The van der Waals surface area contributed by atoms with Crippen molar-refractivity contribution in [3.63, 3.8) is 0 Å². The Morgan fingerprint density at radius 3 is 2.34 bits per heavy atom. The second-order valence-corrected chi connectivity index (χ2v) is 6.95. The van der Waals surface area contributed by atoms with Crippen molar-refractivity contribution in [2.45, 2.75) is 18.5 Å². The van der Waals surface area contributed by atoms with Gasteiger partial charge in [-0.3, -0.25) is 15.0 Å². The number of likely N-dealkylation sites (N-methyl/N-ethyl adjacent to an activating group) is 1. The first-order valence-corrected chi connectivity index (χ1v) is 8.90. The van der Waals surface area contributed by atoms with E-state index in [1.807, 2.05) is 12.1 Å². The average Bonchev–Trinajstić information content (AvgIpc) is 3.25. The summed E-state index contributed by atoms with van der Waals surface area (Å²) in [5, 5.41) is 27.2. The maximum atomic E-state index is 10.8. The van der Waals surface area contributed by atoms with Gasteiger partial charge in [0.25, 0.3) is 5.69 Å². The molecule has 1 aromatic heterocycles. The van der Waals surface area contributed by atoms with Crippen molar-refractivity contribution in [1.82, 2.24) is 9.88 Å². The van der Waals surface area contributed by atoms with Crippen molar-refractivity contribution in [1.29, 1.82) is 0 Å². The number of aliphatic carboxylic acids is 2. The molecule has 0 radical (unpaired) electrons. The van der Waals surface area contributed by atoms with Crippen molar-refractivity contribution >= 4 is 34.3 Å². The predicted octanol–water partition coefficient (Wildman–Crippen LogP) is 1.75. The molecule has 3 heterocycles. The Bertz CT molecular complexity index is 974. The number of nitro groups is 1. The van der Waals surface area contributed by atoms with Gasteiger partial charge in [0.05, 0.1) is 10.4 Å². The Hall–Kier alpha value is -3.53. The maximum absolute atomic E-state index is 10.8. The number of aromatic nitrogens is 1. The highest BCUT2D eigenvalue weighted by Crippen LogP contribution is 2.33. The number of carboxylic acids is 2. The van der Waals surface area contributed by atoms with Crippen molar-refractivity contribution in [3.05, 3.63) is 52.6 Å². The molecule has 1 aromatic carbocycles. The molecule has 4 rings (SSSR count). The van der Waals surface area contributed by atoms with Crippen LogP contribution in [-0.2, 0) is 9.59 Å². The first-order chi connectivity index (χ1) is 13.7. The lowest BCUT2D eigenvalue weighted by molar-refractivity contribution is -0.384. The van der Waals surface area contributed by atoms with Gasteiger partial charge in [-0.05, 0) is 31.7 Å².